The standard InChI is InChI=1S/C13H15N3O2S/c1-14-9-11-5-2-3-7-13(11)16-19(17,18)12-6-4-8-15-10-12/h2-8,10,14,16H,9H2,1H3. The molecule has 0 aliphatic heterocycles. The van der Waals surface area contributed by atoms with Crippen molar-refractivity contribution < 1.29 is 8.42 Å². The largest absolute Gasteiger partial charge is 0.316 e. The molecule has 1 aromatic heterocycles. The zero-order valence-corrected chi connectivity index (χ0v) is 11.3. The Kier molecular flexibility index (Phi) is 4.13. The summed E-state index contributed by atoms with van der Waals surface area (Å²) in [5.74, 6) is 0. The number of hydrogen-bond acceptors (Lipinski definition) is 4. The van der Waals surface area contributed by atoms with E-state index in [0.29, 0.717) is 12.2 Å². The van der Waals surface area contributed by atoms with Crippen molar-refractivity contribution in [2.45, 2.75) is 11.4 Å². The van der Waals surface area contributed by atoms with Gasteiger partial charge in [0, 0.05) is 18.9 Å². The number of hydrogen-bond donors (Lipinski definition) is 2. The van der Waals surface area contributed by atoms with Gasteiger partial charge in [0.05, 0.1) is 5.69 Å². The van der Waals surface area contributed by atoms with Crippen molar-refractivity contribution in [1.29, 1.82) is 0 Å². The van der Waals surface area contributed by atoms with Crippen LogP contribution in [-0.4, -0.2) is 20.4 Å². The van der Waals surface area contributed by atoms with Crippen molar-refractivity contribution in [2.24, 2.45) is 0 Å². The van der Waals surface area contributed by atoms with E-state index in [1.165, 1.54) is 18.5 Å². The molecule has 0 aliphatic carbocycles. The molecule has 0 radical (unpaired) electrons. The fourth-order valence-electron chi connectivity index (χ4n) is 1.67. The molecule has 0 saturated heterocycles. The maximum absolute atomic E-state index is 12.2. The molecular weight excluding hydrogens is 262 g/mol. The van der Waals surface area contributed by atoms with Gasteiger partial charge in [-0.3, -0.25) is 9.71 Å². The zero-order chi connectivity index (χ0) is 13.7. The number of aromatic nitrogens is 1. The molecule has 0 bridgehead atoms. The normalized spacial score (nSPS) is 11.2. The van der Waals surface area contributed by atoms with E-state index in [-0.39, 0.29) is 4.90 Å². The molecule has 100 valence electrons. The lowest BCUT2D eigenvalue weighted by molar-refractivity contribution is 0.600. The van der Waals surface area contributed by atoms with Crippen molar-refractivity contribution in [3.05, 3.63) is 54.4 Å². The van der Waals surface area contributed by atoms with Crippen molar-refractivity contribution in [3.63, 3.8) is 0 Å². The summed E-state index contributed by atoms with van der Waals surface area (Å²) in [4.78, 5) is 3.97. The highest BCUT2D eigenvalue weighted by molar-refractivity contribution is 7.92. The van der Waals surface area contributed by atoms with Crippen LogP contribution in [0.2, 0.25) is 0 Å². The first-order chi connectivity index (χ1) is 9.13. The van der Waals surface area contributed by atoms with E-state index in [2.05, 4.69) is 15.0 Å². The number of nitrogens with zero attached hydrogens (tertiary/aromatic N) is 1. The molecule has 0 unspecified atom stereocenters. The molecular formula is C13H15N3O2S. The second kappa shape index (κ2) is 5.81. The minimum Gasteiger partial charge on any atom is -0.316 e. The summed E-state index contributed by atoms with van der Waals surface area (Å²) in [6.07, 6.45) is 2.86. The summed E-state index contributed by atoms with van der Waals surface area (Å²) in [5, 5.41) is 3.00. The van der Waals surface area contributed by atoms with E-state index < -0.39 is 10.0 Å². The maximum atomic E-state index is 12.2. The molecule has 19 heavy (non-hydrogen) atoms. The fraction of sp³-hybridized carbons (Fsp3) is 0.154. The van der Waals surface area contributed by atoms with Gasteiger partial charge in [0.25, 0.3) is 10.0 Å². The minimum absolute atomic E-state index is 0.147. The molecule has 0 amide bonds. The molecule has 0 spiro atoms. The smallest absolute Gasteiger partial charge is 0.263 e. The van der Waals surface area contributed by atoms with Crippen molar-refractivity contribution >= 4 is 15.7 Å². The Labute approximate surface area is 112 Å². The van der Waals surface area contributed by atoms with E-state index in [1.54, 1.807) is 18.2 Å². The second-order valence-electron chi connectivity index (χ2n) is 3.98. The van der Waals surface area contributed by atoms with E-state index >= 15 is 0 Å². The SMILES string of the molecule is CNCc1ccccc1NS(=O)(=O)c1cccnc1. The first-order valence-electron chi connectivity index (χ1n) is 5.79. The number of anilines is 1. The molecule has 1 aromatic carbocycles. The highest BCUT2D eigenvalue weighted by atomic mass is 32.2. The Bertz CT molecular complexity index is 642. The molecule has 2 rings (SSSR count). The van der Waals surface area contributed by atoms with Crippen LogP contribution in [0.5, 0.6) is 0 Å². The first-order valence-corrected chi connectivity index (χ1v) is 7.27. The van der Waals surface area contributed by atoms with Gasteiger partial charge in [0.2, 0.25) is 0 Å². The molecule has 0 aliphatic rings. The van der Waals surface area contributed by atoms with Crippen LogP contribution in [0.4, 0.5) is 5.69 Å². The fourth-order valence-corrected chi connectivity index (χ4v) is 2.74. The summed E-state index contributed by atoms with van der Waals surface area (Å²) in [6, 6.07) is 10.4. The van der Waals surface area contributed by atoms with Crippen LogP contribution in [0, 0.1) is 0 Å². The lowest BCUT2D eigenvalue weighted by Crippen LogP contribution is -2.16. The predicted octanol–water partition coefficient (Wildman–Crippen LogP) is 1.60. The third-order valence-electron chi connectivity index (χ3n) is 2.57. The van der Waals surface area contributed by atoms with Gasteiger partial charge >= 0.3 is 0 Å². The van der Waals surface area contributed by atoms with Gasteiger partial charge in [-0.15, -0.1) is 0 Å². The van der Waals surface area contributed by atoms with Crippen LogP contribution >= 0.6 is 0 Å². The van der Waals surface area contributed by atoms with Gasteiger partial charge in [-0.1, -0.05) is 18.2 Å². The monoisotopic (exact) mass is 277 g/mol. The number of rotatable bonds is 5. The highest BCUT2D eigenvalue weighted by Crippen LogP contribution is 2.19. The van der Waals surface area contributed by atoms with E-state index in [0.717, 1.165) is 5.56 Å². The summed E-state index contributed by atoms with van der Waals surface area (Å²) in [6.45, 7) is 0.589. The summed E-state index contributed by atoms with van der Waals surface area (Å²) < 4.78 is 27.0. The van der Waals surface area contributed by atoms with Gasteiger partial charge in [-0.25, -0.2) is 8.42 Å². The lowest BCUT2D eigenvalue weighted by atomic mass is 10.2. The van der Waals surface area contributed by atoms with Crippen molar-refractivity contribution in [2.75, 3.05) is 11.8 Å². The Hall–Kier alpha value is -1.92. The van der Waals surface area contributed by atoms with Crippen LogP contribution in [0.15, 0.2) is 53.7 Å². The maximum Gasteiger partial charge on any atom is 0.263 e. The van der Waals surface area contributed by atoms with Gasteiger partial charge in [-0.2, -0.15) is 0 Å². The van der Waals surface area contributed by atoms with Gasteiger partial charge in [0.1, 0.15) is 4.90 Å². The number of pyridine rings is 1. The van der Waals surface area contributed by atoms with E-state index in [4.69, 9.17) is 0 Å². The lowest BCUT2D eigenvalue weighted by Gasteiger charge is -2.12. The third-order valence-corrected chi connectivity index (χ3v) is 3.92. The molecule has 0 atom stereocenters. The van der Waals surface area contributed by atoms with E-state index in [1.807, 2.05) is 19.2 Å². The third kappa shape index (κ3) is 3.30. The second-order valence-corrected chi connectivity index (χ2v) is 5.66. The summed E-state index contributed by atoms with van der Waals surface area (Å²) in [7, 11) is -1.78. The van der Waals surface area contributed by atoms with Crippen LogP contribution < -0.4 is 10.0 Å². The van der Waals surface area contributed by atoms with Gasteiger partial charge < -0.3 is 5.32 Å². The summed E-state index contributed by atoms with van der Waals surface area (Å²) in [5.41, 5.74) is 1.46. The van der Waals surface area contributed by atoms with Gasteiger partial charge in [-0.05, 0) is 30.8 Å². The summed E-state index contributed by atoms with van der Waals surface area (Å²) >= 11 is 0. The predicted molar refractivity (Wildman–Crippen MR) is 74.3 cm³/mol. The highest BCUT2D eigenvalue weighted by Gasteiger charge is 2.15. The zero-order valence-electron chi connectivity index (χ0n) is 10.5. The molecule has 2 N–H and O–H groups in total. The van der Waals surface area contributed by atoms with Crippen LogP contribution in [0.1, 0.15) is 5.56 Å². The number of sulfonamides is 1. The quantitative estimate of drug-likeness (QED) is 0.871. The average molecular weight is 277 g/mol. The number of benzene rings is 1. The van der Waals surface area contributed by atoms with Crippen molar-refractivity contribution in [1.82, 2.24) is 10.3 Å². The van der Waals surface area contributed by atoms with Crippen molar-refractivity contribution in [3.8, 4) is 0 Å². The Balaban J connectivity index is 2.31. The Morgan fingerprint density at radius 1 is 1.16 bits per heavy atom. The average Bonchev–Trinajstić information content (AvgIpc) is 2.42. The Morgan fingerprint density at radius 2 is 1.95 bits per heavy atom. The topological polar surface area (TPSA) is 71.1 Å². The number of para-hydroxylation sites is 1. The molecule has 1 heterocycles. The van der Waals surface area contributed by atoms with Crippen LogP contribution in [0.25, 0.3) is 0 Å². The first kappa shape index (κ1) is 13.5. The van der Waals surface area contributed by atoms with Gasteiger partial charge in [0.15, 0.2) is 0 Å². The Morgan fingerprint density at radius 3 is 2.63 bits per heavy atom. The molecule has 0 saturated carbocycles. The molecule has 5 nitrogen and oxygen atoms in total. The molecule has 2 aromatic rings. The molecule has 0 fully saturated rings. The van der Waals surface area contributed by atoms with E-state index in [9.17, 15) is 8.42 Å². The van der Waals surface area contributed by atoms with Crippen LogP contribution in [-0.2, 0) is 16.6 Å². The molecule has 6 heteroatoms. The number of nitrogens with one attached hydrogen (secondary N) is 2. The minimum atomic E-state index is -3.59. The van der Waals surface area contributed by atoms with Crippen LogP contribution in [0.3, 0.4) is 0 Å².